The summed E-state index contributed by atoms with van der Waals surface area (Å²) >= 11 is 0. The molecule has 1 aromatic heterocycles. The zero-order valence-corrected chi connectivity index (χ0v) is 23.6. The molecule has 1 fully saturated rings. The van der Waals surface area contributed by atoms with Crippen molar-refractivity contribution in [3.8, 4) is 5.75 Å². The van der Waals surface area contributed by atoms with Crippen molar-refractivity contribution in [3.05, 3.63) is 99.0 Å². The molecule has 3 aromatic rings. The van der Waals surface area contributed by atoms with E-state index in [9.17, 15) is 23.2 Å². The van der Waals surface area contributed by atoms with Crippen LogP contribution in [0.25, 0.3) is 0 Å². The second kappa shape index (κ2) is 11.2. The lowest BCUT2D eigenvalue weighted by molar-refractivity contribution is -0.0656. The van der Waals surface area contributed by atoms with Gasteiger partial charge in [-0.1, -0.05) is 41.6 Å². The first-order chi connectivity index (χ1) is 20.7. The van der Waals surface area contributed by atoms with Crippen LogP contribution in [0.3, 0.4) is 0 Å². The molecule has 3 atom stereocenters. The number of nitrogens with zero attached hydrogens (tertiary/aromatic N) is 3. The number of oxime groups is 1. The molecule has 43 heavy (non-hydrogen) atoms. The average molecular weight is 593 g/mol. The Labute approximate surface area is 245 Å². The van der Waals surface area contributed by atoms with Crippen molar-refractivity contribution >= 4 is 17.7 Å². The summed E-state index contributed by atoms with van der Waals surface area (Å²) in [5, 5.41) is 6.68. The number of amides is 2. The van der Waals surface area contributed by atoms with Gasteiger partial charge in [0.05, 0.1) is 19.6 Å². The number of nitrogens with one attached hydrogen (secondary N) is 1. The number of ether oxygens (including phenoxy) is 2. The Morgan fingerprint density at radius 3 is 2.70 bits per heavy atom. The summed E-state index contributed by atoms with van der Waals surface area (Å²) in [6.45, 7) is 1.87. The number of methoxy groups -OCH3 is 1. The van der Waals surface area contributed by atoms with Gasteiger partial charge < -0.3 is 29.1 Å². The Bertz CT molecular complexity index is 1680. The molecular weight excluding hydrogens is 562 g/mol. The third-order valence-electron chi connectivity index (χ3n) is 8.43. The maximum Gasteiger partial charge on any atom is 0.274 e. The molecule has 2 bridgehead atoms. The Kier molecular flexibility index (Phi) is 7.37. The largest absolute Gasteiger partial charge is 0.483 e. The van der Waals surface area contributed by atoms with Crippen molar-refractivity contribution in [1.82, 2.24) is 14.8 Å². The van der Waals surface area contributed by atoms with E-state index in [1.54, 1.807) is 9.47 Å². The molecule has 1 saturated heterocycles. The fourth-order valence-corrected chi connectivity index (χ4v) is 5.98. The molecule has 3 aliphatic heterocycles. The smallest absolute Gasteiger partial charge is 0.274 e. The van der Waals surface area contributed by atoms with Gasteiger partial charge in [-0.15, -0.1) is 0 Å². The quantitative estimate of drug-likeness (QED) is 0.465. The number of rotatable bonds is 6. The highest BCUT2D eigenvalue weighted by Crippen LogP contribution is 2.46. The lowest BCUT2D eigenvalue weighted by atomic mass is 9.85. The van der Waals surface area contributed by atoms with E-state index in [-0.39, 0.29) is 48.3 Å². The number of fused-ring (bicyclic) bond motifs is 5. The van der Waals surface area contributed by atoms with Gasteiger partial charge in [0.1, 0.15) is 23.8 Å². The van der Waals surface area contributed by atoms with Crippen molar-refractivity contribution in [2.75, 3.05) is 13.7 Å². The predicted octanol–water partition coefficient (Wildman–Crippen LogP) is 3.93. The molecule has 224 valence electrons. The van der Waals surface area contributed by atoms with E-state index in [1.807, 2.05) is 37.3 Å². The van der Waals surface area contributed by atoms with Gasteiger partial charge in [-0.05, 0) is 31.4 Å². The number of carbonyl (C=O) groups excluding carboxylic acids is 2. The first kappa shape index (κ1) is 28.4. The number of pyridine rings is 1. The van der Waals surface area contributed by atoms with Crippen LogP contribution in [0.1, 0.15) is 64.2 Å². The topological polar surface area (TPSA) is 111 Å². The van der Waals surface area contributed by atoms with Crippen LogP contribution in [0, 0.1) is 11.6 Å². The molecule has 4 heterocycles. The number of halogens is 2. The Morgan fingerprint density at radius 2 is 1.98 bits per heavy atom. The molecule has 10 nitrogen and oxygen atoms in total. The molecule has 0 radical (unpaired) electrons. The monoisotopic (exact) mass is 592 g/mol. The molecule has 1 N–H and O–H groups in total. The minimum Gasteiger partial charge on any atom is -0.483 e. The highest BCUT2D eigenvalue weighted by atomic mass is 19.1. The van der Waals surface area contributed by atoms with Crippen LogP contribution in [0.5, 0.6) is 5.75 Å². The lowest BCUT2D eigenvalue weighted by Gasteiger charge is -2.42. The van der Waals surface area contributed by atoms with Gasteiger partial charge in [0.15, 0.2) is 17.0 Å². The molecule has 12 heteroatoms. The zero-order chi connectivity index (χ0) is 30.3. The summed E-state index contributed by atoms with van der Waals surface area (Å²) < 4.78 is 40.7. The number of aromatic nitrogens is 1. The Hall–Kier alpha value is -4.74. The van der Waals surface area contributed by atoms with Crippen molar-refractivity contribution in [3.63, 3.8) is 0 Å². The molecule has 0 unspecified atom stereocenters. The minimum atomic E-state index is -0.902. The number of benzene rings is 2. The van der Waals surface area contributed by atoms with Crippen molar-refractivity contribution in [2.45, 2.75) is 57.0 Å². The van der Waals surface area contributed by atoms with Gasteiger partial charge in [-0.25, -0.2) is 8.78 Å². The van der Waals surface area contributed by atoms with Gasteiger partial charge in [-0.3, -0.25) is 14.4 Å². The molecule has 1 spiro atoms. The van der Waals surface area contributed by atoms with Crippen LogP contribution in [0.4, 0.5) is 8.78 Å². The van der Waals surface area contributed by atoms with E-state index in [1.165, 1.54) is 19.4 Å². The van der Waals surface area contributed by atoms with Crippen LogP contribution in [-0.2, 0) is 22.7 Å². The SMILES string of the molecule is COC1=NO[C@@]2(CC[C@H](C)N3C[C@H]2n2cc(C(=O)NCc4ccc(F)cc4F)c(=O)c(OCc4ccccc4)c2C3=O)C1. The summed E-state index contributed by atoms with van der Waals surface area (Å²) in [5.41, 5.74) is -1.17. The maximum atomic E-state index is 14.3. The molecule has 2 amide bonds. The number of hydrogen-bond donors (Lipinski definition) is 1. The third kappa shape index (κ3) is 5.10. The van der Waals surface area contributed by atoms with Crippen LogP contribution in [0.2, 0.25) is 0 Å². The minimum absolute atomic E-state index is 0.0147. The maximum absolute atomic E-state index is 14.3. The third-order valence-corrected chi connectivity index (χ3v) is 8.43. The summed E-state index contributed by atoms with van der Waals surface area (Å²) in [7, 11) is 1.50. The van der Waals surface area contributed by atoms with Crippen molar-refractivity contribution in [1.29, 1.82) is 0 Å². The summed E-state index contributed by atoms with van der Waals surface area (Å²) in [5.74, 6) is -2.64. The Morgan fingerprint density at radius 1 is 1.19 bits per heavy atom. The fourth-order valence-electron chi connectivity index (χ4n) is 5.98. The van der Waals surface area contributed by atoms with Gasteiger partial charge >= 0.3 is 0 Å². The number of carbonyl (C=O) groups is 2. The molecule has 6 rings (SSSR count). The van der Waals surface area contributed by atoms with Gasteiger partial charge in [0.25, 0.3) is 11.8 Å². The van der Waals surface area contributed by atoms with E-state index >= 15 is 0 Å². The predicted molar refractivity (Wildman–Crippen MR) is 151 cm³/mol. The van der Waals surface area contributed by atoms with Crippen LogP contribution in [-0.4, -0.2) is 52.5 Å². The standard InChI is InChI=1S/C31H30F2N4O6/c1-18-10-11-31(13-25(41-2)35-43-31)24-16-36(18)30(40)26-28(42-17-19-6-4-3-5-7-19)27(38)22(15-37(24)26)29(39)34-14-20-8-9-21(32)12-23(20)33/h3-9,12,15,18,24H,10-11,13-14,16-17H2,1-2H3,(H,34,39)/t18-,24+,31-/m0/s1. The highest BCUT2D eigenvalue weighted by molar-refractivity contribution is 5.99. The van der Waals surface area contributed by atoms with E-state index in [0.717, 1.165) is 11.6 Å². The van der Waals surface area contributed by atoms with E-state index in [2.05, 4.69) is 10.5 Å². The molecule has 0 saturated carbocycles. The lowest BCUT2D eigenvalue weighted by Crippen LogP contribution is -2.52. The van der Waals surface area contributed by atoms with Crippen molar-refractivity contribution in [2.24, 2.45) is 5.16 Å². The highest BCUT2D eigenvalue weighted by Gasteiger charge is 2.54. The average Bonchev–Trinajstić information content (AvgIpc) is 3.38. The molecule has 0 aliphatic carbocycles. The number of hydrogen-bond acceptors (Lipinski definition) is 7. The first-order valence-corrected chi connectivity index (χ1v) is 14.0. The second-order valence-electron chi connectivity index (χ2n) is 11.0. The summed E-state index contributed by atoms with van der Waals surface area (Å²) in [4.78, 5) is 49.1. The second-order valence-corrected chi connectivity index (χ2v) is 11.0. The van der Waals surface area contributed by atoms with Crippen molar-refractivity contribution < 1.29 is 32.7 Å². The van der Waals surface area contributed by atoms with Crippen LogP contribution >= 0.6 is 0 Å². The van der Waals surface area contributed by atoms with Crippen LogP contribution in [0.15, 0.2) is 64.7 Å². The van der Waals surface area contributed by atoms with E-state index in [0.29, 0.717) is 31.2 Å². The van der Waals surface area contributed by atoms with E-state index in [4.69, 9.17) is 14.3 Å². The van der Waals surface area contributed by atoms with Gasteiger partial charge in [0.2, 0.25) is 11.3 Å². The molecular formula is C31H30F2N4O6. The van der Waals surface area contributed by atoms with Gasteiger partial charge in [-0.2, -0.15) is 0 Å². The summed E-state index contributed by atoms with van der Waals surface area (Å²) in [6, 6.07) is 11.4. The van der Waals surface area contributed by atoms with E-state index < -0.39 is 40.5 Å². The summed E-state index contributed by atoms with van der Waals surface area (Å²) in [6.07, 6.45) is 2.83. The molecule has 3 aliphatic rings. The fraction of sp³-hybridized carbons (Fsp3) is 0.355. The first-order valence-electron chi connectivity index (χ1n) is 14.0. The van der Waals surface area contributed by atoms with Gasteiger partial charge in [0, 0.05) is 37.0 Å². The Balaban J connectivity index is 1.45. The van der Waals surface area contributed by atoms with Crippen LogP contribution < -0.4 is 15.5 Å². The molecule has 2 aromatic carbocycles. The normalized spacial score (nSPS) is 22.4. The zero-order valence-electron chi connectivity index (χ0n) is 23.6.